The first-order chi connectivity index (χ1) is 17.4. The van der Waals surface area contributed by atoms with Crippen LogP contribution in [-0.2, 0) is 20.4 Å². The average Bonchev–Trinajstić information content (AvgIpc) is 3.61. The number of carbonyl (C=O) groups excluding carboxylic acids is 1. The molecule has 1 unspecified atom stereocenters. The van der Waals surface area contributed by atoms with Gasteiger partial charge in [-0.05, 0) is 48.2 Å². The smallest absolute Gasteiger partial charge is 0.336 e. The molecule has 0 spiro atoms. The Labute approximate surface area is 210 Å². The number of halogens is 4. The minimum Gasteiger partial charge on any atom is -0.336 e. The SMILES string of the molecule is N#CC1(NC(=O)C(CS(=O)(=O)Cc2cnc3ccccc3c2)N[C@H](c2ccc(F)cc2)C(F)(F)F)CC1. The van der Waals surface area contributed by atoms with Crippen molar-refractivity contribution in [1.29, 1.82) is 5.26 Å². The number of aromatic nitrogens is 1. The van der Waals surface area contributed by atoms with Gasteiger partial charge in [-0.2, -0.15) is 18.4 Å². The van der Waals surface area contributed by atoms with Crippen LogP contribution in [0.4, 0.5) is 17.6 Å². The van der Waals surface area contributed by atoms with Gasteiger partial charge in [-0.25, -0.2) is 12.8 Å². The van der Waals surface area contributed by atoms with Crippen LogP contribution in [0.1, 0.15) is 30.0 Å². The van der Waals surface area contributed by atoms with E-state index in [0.717, 1.165) is 24.3 Å². The molecule has 1 fully saturated rings. The molecule has 3 aromatic rings. The highest BCUT2D eigenvalue weighted by Gasteiger charge is 2.48. The second kappa shape index (κ2) is 10.1. The maximum Gasteiger partial charge on any atom is 0.407 e. The Morgan fingerprint density at radius 2 is 1.81 bits per heavy atom. The Bertz CT molecular complexity index is 1450. The summed E-state index contributed by atoms with van der Waals surface area (Å²) in [6.07, 6.45) is -2.97. The van der Waals surface area contributed by atoms with Gasteiger partial charge < -0.3 is 5.32 Å². The topological polar surface area (TPSA) is 112 Å². The zero-order valence-electron chi connectivity index (χ0n) is 19.3. The molecule has 0 bridgehead atoms. The summed E-state index contributed by atoms with van der Waals surface area (Å²) in [5.74, 6) is -3.33. The second-order valence-corrected chi connectivity index (χ2v) is 11.1. The Morgan fingerprint density at radius 3 is 2.43 bits per heavy atom. The van der Waals surface area contributed by atoms with E-state index in [0.29, 0.717) is 29.3 Å². The molecule has 2 N–H and O–H groups in total. The minimum atomic E-state index is -4.94. The zero-order valence-corrected chi connectivity index (χ0v) is 20.1. The van der Waals surface area contributed by atoms with Gasteiger partial charge in [0.15, 0.2) is 9.84 Å². The van der Waals surface area contributed by atoms with Crippen LogP contribution in [0.2, 0.25) is 0 Å². The van der Waals surface area contributed by atoms with Crippen LogP contribution >= 0.6 is 0 Å². The molecule has 0 saturated heterocycles. The summed E-state index contributed by atoms with van der Waals surface area (Å²) in [4.78, 5) is 17.2. The van der Waals surface area contributed by atoms with Crippen LogP contribution < -0.4 is 10.6 Å². The van der Waals surface area contributed by atoms with E-state index in [1.54, 1.807) is 30.3 Å². The number of nitrogens with zero attached hydrogens (tertiary/aromatic N) is 2. The Balaban J connectivity index is 1.61. The molecule has 1 aromatic heterocycles. The van der Waals surface area contributed by atoms with E-state index < -0.39 is 62.4 Å². The number of alkyl halides is 3. The Morgan fingerprint density at radius 1 is 1.14 bits per heavy atom. The number of carbonyl (C=O) groups is 1. The molecule has 12 heteroatoms. The first kappa shape index (κ1) is 26.5. The monoisotopic (exact) mass is 534 g/mol. The van der Waals surface area contributed by atoms with Gasteiger partial charge >= 0.3 is 6.18 Å². The first-order valence-corrected chi connectivity index (χ1v) is 13.1. The van der Waals surface area contributed by atoms with Crippen molar-refractivity contribution in [3.05, 3.63) is 77.7 Å². The molecule has 1 heterocycles. The molecule has 37 heavy (non-hydrogen) atoms. The molecule has 1 amide bonds. The van der Waals surface area contributed by atoms with Crippen molar-refractivity contribution < 1.29 is 30.8 Å². The Kier molecular flexibility index (Phi) is 7.21. The van der Waals surface area contributed by atoms with Gasteiger partial charge in [-0.15, -0.1) is 0 Å². The summed E-state index contributed by atoms with van der Waals surface area (Å²) in [7, 11) is -4.14. The molecule has 7 nitrogen and oxygen atoms in total. The third-order valence-electron chi connectivity index (χ3n) is 6.00. The molecule has 2 atom stereocenters. The van der Waals surface area contributed by atoms with Gasteiger partial charge in [-0.1, -0.05) is 30.3 Å². The van der Waals surface area contributed by atoms with E-state index in [9.17, 15) is 36.0 Å². The molecule has 0 aliphatic heterocycles. The second-order valence-electron chi connectivity index (χ2n) is 9.02. The number of rotatable bonds is 9. The first-order valence-electron chi connectivity index (χ1n) is 11.3. The van der Waals surface area contributed by atoms with E-state index >= 15 is 0 Å². The lowest BCUT2D eigenvalue weighted by molar-refractivity contribution is -0.160. The third-order valence-corrected chi connectivity index (χ3v) is 7.61. The third kappa shape index (κ3) is 6.61. The quantitative estimate of drug-likeness (QED) is 0.405. The molecular formula is C25H22F4N4O3S. The van der Waals surface area contributed by atoms with Crippen molar-refractivity contribution in [2.45, 2.75) is 42.4 Å². The fourth-order valence-corrected chi connectivity index (χ4v) is 5.45. The highest BCUT2D eigenvalue weighted by Crippen LogP contribution is 2.36. The van der Waals surface area contributed by atoms with Crippen LogP contribution in [0.25, 0.3) is 10.9 Å². The largest absolute Gasteiger partial charge is 0.407 e. The van der Waals surface area contributed by atoms with Gasteiger partial charge in [0.2, 0.25) is 5.91 Å². The van der Waals surface area contributed by atoms with E-state index in [1.807, 2.05) is 6.07 Å². The molecule has 1 saturated carbocycles. The van der Waals surface area contributed by atoms with E-state index in [2.05, 4.69) is 15.6 Å². The number of hydrogen-bond acceptors (Lipinski definition) is 6. The fourth-order valence-electron chi connectivity index (χ4n) is 3.91. The van der Waals surface area contributed by atoms with Gasteiger partial charge in [0, 0.05) is 11.6 Å². The molecule has 194 valence electrons. The molecule has 1 aliphatic rings. The molecule has 0 radical (unpaired) electrons. The summed E-state index contributed by atoms with van der Waals surface area (Å²) in [5, 5.41) is 14.5. The number of fused-ring (bicyclic) bond motifs is 1. The standard InChI is InChI=1S/C25H22F4N4O3S/c26-19-7-5-17(6-8-19)22(25(27,28)29)32-21(23(34)33-24(15-30)9-10-24)14-37(35,36)13-16-11-18-3-1-2-4-20(18)31-12-16/h1-8,11-12,21-22,32H,9-10,13-14H2,(H,33,34)/t21?,22-/m1/s1. The van der Waals surface area contributed by atoms with Crippen LogP contribution in [0.5, 0.6) is 0 Å². The highest BCUT2D eigenvalue weighted by molar-refractivity contribution is 7.90. The molecule has 4 rings (SSSR count). The minimum absolute atomic E-state index is 0.304. The number of para-hydroxylation sites is 1. The number of nitriles is 1. The van der Waals surface area contributed by atoms with Crippen molar-refractivity contribution in [3.63, 3.8) is 0 Å². The highest BCUT2D eigenvalue weighted by atomic mass is 32.2. The lowest BCUT2D eigenvalue weighted by Gasteiger charge is -2.28. The number of hydrogen-bond donors (Lipinski definition) is 2. The van der Waals surface area contributed by atoms with Crippen LogP contribution in [-0.4, -0.2) is 42.8 Å². The fraction of sp³-hybridized carbons (Fsp3) is 0.320. The van der Waals surface area contributed by atoms with Crippen LogP contribution in [0, 0.1) is 17.1 Å². The van der Waals surface area contributed by atoms with Crippen molar-refractivity contribution in [2.24, 2.45) is 0 Å². The number of amides is 1. The van der Waals surface area contributed by atoms with Gasteiger partial charge in [0.25, 0.3) is 0 Å². The average molecular weight is 535 g/mol. The van der Waals surface area contributed by atoms with Crippen molar-refractivity contribution in [2.75, 3.05) is 5.75 Å². The van der Waals surface area contributed by atoms with Gasteiger partial charge in [0.1, 0.15) is 23.4 Å². The summed E-state index contributed by atoms with van der Waals surface area (Å²) in [6, 6.07) is 9.69. The maximum absolute atomic E-state index is 14.0. The maximum atomic E-state index is 14.0. The normalized spacial score (nSPS) is 16.5. The summed E-state index contributed by atoms with van der Waals surface area (Å²) >= 11 is 0. The lowest BCUT2D eigenvalue weighted by Crippen LogP contribution is -2.54. The van der Waals surface area contributed by atoms with E-state index in [-0.39, 0.29) is 0 Å². The number of sulfone groups is 1. The summed E-state index contributed by atoms with van der Waals surface area (Å²) in [5.41, 5.74) is -0.683. The van der Waals surface area contributed by atoms with Crippen LogP contribution in [0.15, 0.2) is 60.8 Å². The predicted molar refractivity (Wildman–Crippen MR) is 127 cm³/mol. The van der Waals surface area contributed by atoms with Gasteiger partial charge in [0.05, 0.1) is 23.1 Å². The Hall–Kier alpha value is -3.56. The van der Waals surface area contributed by atoms with Crippen LogP contribution in [0.3, 0.4) is 0 Å². The van der Waals surface area contributed by atoms with E-state index in [4.69, 9.17) is 0 Å². The zero-order chi connectivity index (χ0) is 26.8. The van der Waals surface area contributed by atoms with E-state index in [1.165, 1.54) is 6.20 Å². The molecule has 1 aliphatic carbocycles. The number of pyridine rings is 1. The molecular weight excluding hydrogens is 512 g/mol. The molecule has 2 aromatic carbocycles. The van der Waals surface area contributed by atoms with Gasteiger partial charge in [-0.3, -0.25) is 15.1 Å². The predicted octanol–water partition coefficient (Wildman–Crippen LogP) is 3.72. The number of nitrogens with one attached hydrogen (secondary N) is 2. The summed E-state index contributed by atoms with van der Waals surface area (Å²) < 4.78 is 81.4. The van der Waals surface area contributed by atoms with Crippen molar-refractivity contribution in [3.8, 4) is 6.07 Å². The van der Waals surface area contributed by atoms with Crippen molar-refractivity contribution >= 4 is 26.6 Å². The lowest BCUT2D eigenvalue weighted by atomic mass is 10.0. The van der Waals surface area contributed by atoms with Crippen molar-refractivity contribution in [1.82, 2.24) is 15.6 Å². The summed E-state index contributed by atoms with van der Waals surface area (Å²) in [6.45, 7) is 0. The number of benzene rings is 2.